The van der Waals surface area contributed by atoms with Crippen LogP contribution in [0.15, 0.2) is 42.0 Å². The number of hydrogen-bond donors (Lipinski definition) is 0. The molecule has 4 heterocycles. The van der Waals surface area contributed by atoms with E-state index in [1.165, 1.54) is 23.0 Å². The highest BCUT2D eigenvalue weighted by molar-refractivity contribution is 7.44. The van der Waals surface area contributed by atoms with Crippen molar-refractivity contribution in [2.24, 2.45) is 0 Å². The van der Waals surface area contributed by atoms with E-state index in [9.17, 15) is 32.3 Å². The molecule has 10 rings (SSSR count). The van der Waals surface area contributed by atoms with Crippen LogP contribution in [0.3, 0.4) is 0 Å². The van der Waals surface area contributed by atoms with E-state index in [1.54, 1.807) is 40.1 Å². The predicted molar refractivity (Wildman–Crippen MR) is 190 cm³/mol. The van der Waals surface area contributed by atoms with E-state index in [-0.39, 0.29) is 27.8 Å². The monoisotopic (exact) mass is 742 g/mol. The van der Waals surface area contributed by atoms with Gasteiger partial charge < -0.3 is 0 Å². The number of rotatable bonds is 2. The SMILES string of the molecule is O=C1C(=O)c2c(F)cc(F)cc2/C1=C/c1cc2sc3c4sc5c(c4sc3c2s1)C1(CCCCC1)C(/C=C1\C(=O)C(=O)c2cc(F)cc(F)c21)=C5. The molecule has 0 unspecified atom stereocenters. The number of carbonyl (C=O) groups excluding carboxylic acids is 4. The van der Waals surface area contributed by atoms with Gasteiger partial charge in [0.1, 0.15) is 23.3 Å². The van der Waals surface area contributed by atoms with Gasteiger partial charge in [-0.1, -0.05) is 19.3 Å². The second kappa shape index (κ2) is 10.3. The molecule has 0 atom stereocenters. The fourth-order valence-electron chi connectivity index (χ4n) is 8.17. The summed E-state index contributed by atoms with van der Waals surface area (Å²) in [6.45, 7) is 0. The van der Waals surface area contributed by atoms with Gasteiger partial charge in [0.2, 0.25) is 23.1 Å². The normalized spacial score (nSPS) is 19.7. The molecule has 0 aliphatic heterocycles. The molecule has 4 aliphatic carbocycles. The summed E-state index contributed by atoms with van der Waals surface area (Å²) in [6, 6.07) is 5.18. The fraction of sp³-hybridized carbons (Fsp3) is 0.158. The average Bonchev–Trinajstić information content (AvgIpc) is 3.91. The van der Waals surface area contributed by atoms with Crippen molar-refractivity contribution in [3.05, 3.63) is 103 Å². The van der Waals surface area contributed by atoms with Gasteiger partial charge in [0.05, 0.1) is 29.1 Å². The van der Waals surface area contributed by atoms with Crippen LogP contribution in [0.25, 0.3) is 51.5 Å². The molecule has 6 aromatic rings. The Morgan fingerprint density at radius 1 is 0.580 bits per heavy atom. The highest BCUT2D eigenvalue weighted by Crippen LogP contribution is 2.61. The number of fused-ring (bicyclic) bond motifs is 10. The Bertz CT molecular complexity index is 2760. The van der Waals surface area contributed by atoms with Gasteiger partial charge in [-0.05, 0) is 60.4 Å². The molecule has 1 spiro atoms. The number of carbonyl (C=O) groups is 4. The maximum atomic E-state index is 15.1. The lowest BCUT2D eigenvalue weighted by Gasteiger charge is -2.36. The number of thiophene rings is 4. The van der Waals surface area contributed by atoms with E-state index in [0.29, 0.717) is 17.0 Å². The second-order valence-corrected chi connectivity index (χ2v) is 17.2. The standard InChI is InChI=1S/C38H18F4O4S4/c39-15-8-18-19(29(43)32(46)27(18)23(42)11-15)12-17-13-25-33(47-17)35-37(49-25)36-34(50-35)28-24(48-36)7-14(38(28)4-2-1-3-5-38)6-20-26-21(31(45)30(20)44)9-16(40)10-22(26)41/h6-13H,1-5H2/b19-12-,20-6-. The molecule has 0 N–H and O–H groups in total. The summed E-state index contributed by atoms with van der Waals surface area (Å²) in [5.74, 6) is -7.34. The molecule has 246 valence electrons. The summed E-state index contributed by atoms with van der Waals surface area (Å²) in [5, 5.41) is 0. The van der Waals surface area contributed by atoms with Crippen molar-refractivity contribution in [3.8, 4) is 0 Å². The van der Waals surface area contributed by atoms with Crippen LogP contribution in [0.1, 0.15) is 79.3 Å². The predicted octanol–water partition coefficient (Wildman–Crippen LogP) is 10.7. The van der Waals surface area contributed by atoms with Crippen LogP contribution in [0, 0.1) is 23.3 Å². The van der Waals surface area contributed by atoms with Crippen LogP contribution in [0.2, 0.25) is 0 Å². The van der Waals surface area contributed by atoms with Crippen LogP contribution >= 0.6 is 45.3 Å². The fourth-order valence-corrected chi connectivity index (χ4v) is 14.2. The largest absolute Gasteiger partial charge is 0.285 e. The number of hydrogen-bond acceptors (Lipinski definition) is 8. The van der Waals surface area contributed by atoms with Gasteiger partial charge in [0.15, 0.2) is 0 Å². The molecule has 2 aromatic carbocycles. The first-order chi connectivity index (χ1) is 24.0. The van der Waals surface area contributed by atoms with Crippen LogP contribution in [-0.4, -0.2) is 23.1 Å². The topological polar surface area (TPSA) is 68.3 Å². The Labute approximate surface area is 295 Å². The van der Waals surface area contributed by atoms with E-state index in [2.05, 4.69) is 6.08 Å². The number of benzene rings is 2. The zero-order valence-electron chi connectivity index (χ0n) is 25.4. The lowest BCUT2D eigenvalue weighted by atomic mass is 9.67. The molecule has 4 aromatic heterocycles. The average molecular weight is 743 g/mol. The van der Waals surface area contributed by atoms with Gasteiger partial charge in [0.25, 0.3) is 0 Å². The van der Waals surface area contributed by atoms with Gasteiger partial charge >= 0.3 is 0 Å². The molecule has 1 saturated carbocycles. The minimum atomic E-state index is -1.05. The highest BCUT2D eigenvalue weighted by Gasteiger charge is 2.46. The minimum Gasteiger partial charge on any atom is -0.285 e. The number of Topliss-reactive ketones (excluding diaryl/α,β-unsaturated/α-hetero) is 4. The molecule has 4 aliphatic rings. The first-order valence-electron chi connectivity index (χ1n) is 15.8. The summed E-state index contributed by atoms with van der Waals surface area (Å²) in [5.41, 5.74) is 0.752. The third-order valence-corrected chi connectivity index (χ3v) is 15.6. The van der Waals surface area contributed by atoms with Crippen molar-refractivity contribution in [1.82, 2.24) is 0 Å². The molecule has 1 fully saturated rings. The van der Waals surface area contributed by atoms with Crippen LogP contribution < -0.4 is 0 Å². The zero-order chi connectivity index (χ0) is 34.4. The van der Waals surface area contributed by atoms with E-state index in [4.69, 9.17) is 0 Å². The van der Waals surface area contributed by atoms with Crippen LogP contribution in [-0.2, 0) is 15.0 Å². The lowest BCUT2D eigenvalue weighted by molar-refractivity contribution is -0.110. The van der Waals surface area contributed by atoms with Gasteiger partial charge in [0, 0.05) is 59.8 Å². The molecule has 0 amide bonds. The quantitative estimate of drug-likeness (QED) is 0.101. The number of ketones is 4. The van der Waals surface area contributed by atoms with Crippen molar-refractivity contribution < 1.29 is 36.7 Å². The minimum absolute atomic E-state index is 0.0272. The summed E-state index contributed by atoms with van der Waals surface area (Å²) in [7, 11) is 0. The summed E-state index contributed by atoms with van der Waals surface area (Å²) in [4.78, 5) is 53.0. The molecular weight excluding hydrogens is 725 g/mol. The summed E-state index contributed by atoms with van der Waals surface area (Å²) >= 11 is 6.42. The van der Waals surface area contributed by atoms with Crippen molar-refractivity contribution in [1.29, 1.82) is 0 Å². The lowest BCUT2D eigenvalue weighted by Crippen LogP contribution is -2.28. The van der Waals surface area contributed by atoms with E-state index in [0.717, 1.165) is 82.9 Å². The molecule has 12 heteroatoms. The molecule has 0 saturated heterocycles. The van der Waals surface area contributed by atoms with Gasteiger partial charge in [-0.25, -0.2) is 17.6 Å². The maximum Gasteiger partial charge on any atom is 0.237 e. The molecule has 0 bridgehead atoms. The summed E-state index contributed by atoms with van der Waals surface area (Å²) in [6.07, 6.45) is 9.91. The maximum absolute atomic E-state index is 15.1. The van der Waals surface area contributed by atoms with E-state index in [1.807, 2.05) is 6.07 Å². The second-order valence-electron chi connectivity index (χ2n) is 13.0. The van der Waals surface area contributed by atoms with E-state index >= 15 is 4.39 Å². The van der Waals surface area contributed by atoms with Crippen molar-refractivity contribution in [2.75, 3.05) is 0 Å². The Balaban J connectivity index is 1.10. The smallest absolute Gasteiger partial charge is 0.237 e. The van der Waals surface area contributed by atoms with Crippen molar-refractivity contribution in [3.63, 3.8) is 0 Å². The number of allylic oxidation sites excluding steroid dienone is 4. The van der Waals surface area contributed by atoms with Gasteiger partial charge in [-0.15, -0.1) is 45.3 Å². The Kier molecular flexibility index (Phi) is 6.30. The van der Waals surface area contributed by atoms with Crippen molar-refractivity contribution >= 4 is 120 Å². The summed E-state index contributed by atoms with van der Waals surface area (Å²) < 4.78 is 64.1. The van der Waals surface area contributed by atoms with Crippen LogP contribution in [0.4, 0.5) is 17.6 Å². The van der Waals surface area contributed by atoms with Crippen molar-refractivity contribution in [2.45, 2.75) is 37.5 Å². The third kappa shape index (κ3) is 3.96. The van der Waals surface area contributed by atoms with E-state index < -0.39 is 57.4 Å². The zero-order valence-corrected chi connectivity index (χ0v) is 28.7. The first kappa shape index (κ1) is 30.5. The third-order valence-electron chi connectivity index (χ3n) is 10.3. The molecule has 50 heavy (non-hydrogen) atoms. The van der Waals surface area contributed by atoms with Gasteiger partial charge in [-0.2, -0.15) is 0 Å². The van der Waals surface area contributed by atoms with Crippen LogP contribution in [0.5, 0.6) is 0 Å². The first-order valence-corrected chi connectivity index (χ1v) is 19.0. The Hall–Kier alpha value is -4.36. The molecular formula is C38H18F4O4S4. The molecule has 4 nitrogen and oxygen atoms in total. The Morgan fingerprint density at radius 3 is 2.00 bits per heavy atom. The van der Waals surface area contributed by atoms with Gasteiger partial charge in [-0.3, -0.25) is 19.2 Å². The number of halogens is 4. The molecule has 0 radical (unpaired) electrons. The Morgan fingerprint density at radius 2 is 1.24 bits per heavy atom. The highest BCUT2D eigenvalue weighted by atomic mass is 32.1.